The van der Waals surface area contributed by atoms with Crippen LogP contribution in [-0.2, 0) is 4.74 Å². The SMILES string of the molecule is C=C1CC[C@H](C(C)C)C2C1[C@H]1CC(=C)[C@@H](O)CC[C@@](C)(O)[C@@H]2O1. The Kier molecular flexibility index (Phi) is 4.50. The van der Waals surface area contributed by atoms with Crippen LogP contribution < -0.4 is 0 Å². The molecule has 0 amide bonds. The molecule has 0 aromatic heterocycles. The van der Waals surface area contributed by atoms with Gasteiger partial charge in [0.15, 0.2) is 0 Å². The molecular weight excluding hydrogens is 288 g/mol. The van der Waals surface area contributed by atoms with Crippen LogP contribution in [0.25, 0.3) is 0 Å². The molecule has 2 N–H and O–H groups in total. The monoisotopic (exact) mass is 320 g/mol. The third-order valence-corrected chi connectivity index (χ3v) is 6.58. The van der Waals surface area contributed by atoms with Gasteiger partial charge >= 0.3 is 0 Å². The zero-order valence-electron chi connectivity index (χ0n) is 14.8. The summed E-state index contributed by atoms with van der Waals surface area (Å²) in [5.41, 5.74) is 1.19. The summed E-state index contributed by atoms with van der Waals surface area (Å²) in [4.78, 5) is 0. The maximum Gasteiger partial charge on any atom is 0.0900 e. The molecule has 0 aromatic carbocycles. The minimum absolute atomic E-state index is 0.00535. The number of aliphatic hydroxyl groups is 2. The highest BCUT2D eigenvalue weighted by molar-refractivity contribution is 5.20. The Morgan fingerprint density at radius 3 is 2.57 bits per heavy atom. The molecule has 2 bridgehead atoms. The Balaban J connectivity index is 2.01. The highest BCUT2D eigenvalue weighted by Crippen LogP contribution is 2.54. The second kappa shape index (κ2) is 6.02. The first-order chi connectivity index (χ1) is 10.7. The van der Waals surface area contributed by atoms with Gasteiger partial charge in [-0.25, -0.2) is 0 Å². The standard InChI is InChI=1S/C20H32O3/c1-11(2)14-7-6-12(3)17-16-10-13(4)15(21)8-9-20(5,22)19(23-16)18(14)17/h11,14-19,21-22H,3-4,6-10H2,1-2,5H3/t14-,15+,16-,17?,18?,19-,20-/m1/s1. The first kappa shape index (κ1) is 17.2. The molecule has 3 nitrogen and oxygen atoms in total. The van der Waals surface area contributed by atoms with E-state index in [1.165, 1.54) is 5.57 Å². The average molecular weight is 320 g/mol. The van der Waals surface area contributed by atoms with Crippen molar-refractivity contribution < 1.29 is 14.9 Å². The fraction of sp³-hybridized carbons (Fsp3) is 0.800. The van der Waals surface area contributed by atoms with E-state index in [4.69, 9.17) is 4.74 Å². The molecule has 0 spiro atoms. The van der Waals surface area contributed by atoms with Gasteiger partial charge < -0.3 is 14.9 Å². The van der Waals surface area contributed by atoms with Crippen molar-refractivity contribution in [1.82, 2.24) is 0 Å². The van der Waals surface area contributed by atoms with E-state index >= 15 is 0 Å². The molecule has 2 unspecified atom stereocenters. The van der Waals surface area contributed by atoms with E-state index in [9.17, 15) is 10.2 Å². The van der Waals surface area contributed by atoms with Crippen molar-refractivity contribution in [2.45, 2.75) is 76.8 Å². The Hall–Kier alpha value is -0.640. The molecule has 1 saturated carbocycles. The van der Waals surface area contributed by atoms with Crippen LogP contribution in [-0.4, -0.2) is 34.1 Å². The predicted molar refractivity (Wildman–Crippen MR) is 92.0 cm³/mol. The van der Waals surface area contributed by atoms with Gasteiger partial charge in [0.1, 0.15) is 0 Å². The molecule has 23 heavy (non-hydrogen) atoms. The van der Waals surface area contributed by atoms with E-state index in [0.717, 1.165) is 18.4 Å². The number of ether oxygens (including phenoxy) is 1. The summed E-state index contributed by atoms with van der Waals surface area (Å²) >= 11 is 0. The molecule has 1 aliphatic carbocycles. The lowest BCUT2D eigenvalue weighted by atomic mass is 9.61. The maximum absolute atomic E-state index is 11.1. The topological polar surface area (TPSA) is 49.7 Å². The Morgan fingerprint density at radius 1 is 1.22 bits per heavy atom. The van der Waals surface area contributed by atoms with Crippen LogP contribution in [0.1, 0.15) is 52.9 Å². The molecule has 3 rings (SSSR count). The molecule has 3 heteroatoms. The first-order valence-electron chi connectivity index (χ1n) is 9.13. The van der Waals surface area contributed by atoms with Crippen LogP contribution in [0, 0.1) is 23.7 Å². The lowest BCUT2D eigenvalue weighted by Crippen LogP contribution is -2.48. The van der Waals surface area contributed by atoms with Crippen LogP contribution in [0.5, 0.6) is 0 Å². The van der Waals surface area contributed by atoms with Crippen LogP contribution >= 0.6 is 0 Å². The summed E-state index contributed by atoms with van der Waals surface area (Å²) in [6.45, 7) is 14.9. The van der Waals surface area contributed by atoms with Crippen molar-refractivity contribution >= 4 is 0 Å². The van der Waals surface area contributed by atoms with Crippen molar-refractivity contribution in [1.29, 1.82) is 0 Å². The summed E-state index contributed by atoms with van der Waals surface area (Å²) in [5.74, 6) is 1.76. The van der Waals surface area contributed by atoms with Gasteiger partial charge in [-0.05, 0) is 62.4 Å². The largest absolute Gasteiger partial charge is 0.389 e. The highest BCUT2D eigenvalue weighted by atomic mass is 16.5. The molecule has 3 aliphatic rings. The molecule has 2 saturated heterocycles. The van der Waals surface area contributed by atoms with Crippen molar-refractivity contribution in [2.75, 3.05) is 0 Å². The van der Waals surface area contributed by atoms with Crippen molar-refractivity contribution in [3.8, 4) is 0 Å². The van der Waals surface area contributed by atoms with Gasteiger partial charge in [0.05, 0.1) is 23.9 Å². The van der Waals surface area contributed by atoms with Crippen LogP contribution in [0.2, 0.25) is 0 Å². The second-order valence-electron chi connectivity index (χ2n) is 8.58. The van der Waals surface area contributed by atoms with E-state index in [1.54, 1.807) is 0 Å². The number of hydrogen-bond acceptors (Lipinski definition) is 3. The quantitative estimate of drug-likeness (QED) is 0.728. The summed E-state index contributed by atoms with van der Waals surface area (Å²) < 4.78 is 6.43. The number of fused-ring (bicyclic) bond motifs is 5. The van der Waals surface area contributed by atoms with Crippen LogP contribution in [0.15, 0.2) is 24.3 Å². The van der Waals surface area contributed by atoms with Gasteiger partial charge in [-0.15, -0.1) is 0 Å². The summed E-state index contributed by atoms with van der Waals surface area (Å²) in [5, 5.41) is 21.4. The molecule has 130 valence electrons. The van der Waals surface area contributed by atoms with Crippen molar-refractivity contribution in [3.05, 3.63) is 24.3 Å². The van der Waals surface area contributed by atoms with Gasteiger partial charge in [-0.3, -0.25) is 0 Å². The minimum Gasteiger partial charge on any atom is -0.389 e. The third-order valence-electron chi connectivity index (χ3n) is 6.58. The summed E-state index contributed by atoms with van der Waals surface area (Å²) in [6, 6.07) is 0. The molecule has 3 fully saturated rings. The van der Waals surface area contributed by atoms with E-state index in [1.807, 2.05) is 6.92 Å². The van der Waals surface area contributed by atoms with Gasteiger partial charge in [0.25, 0.3) is 0 Å². The van der Waals surface area contributed by atoms with Gasteiger partial charge in [0.2, 0.25) is 0 Å². The average Bonchev–Trinajstić information content (AvgIpc) is 2.86. The van der Waals surface area contributed by atoms with Gasteiger partial charge in [-0.1, -0.05) is 32.6 Å². The van der Waals surface area contributed by atoms with Crippen LogP contribution in [0.4, 0.5) is 0 Å². The second-order valence-corrected chi connectivity index (χ2v) is 8.58. The molecule has 0 radical (unpaired) electrons. The minimum atomic E-state index is -0.909. The fourth-order valence-electron chi connectivity index (χ4n) is 5.22. The first-order valence-corrected chi connectivity index (χ1v) is 9.13. The molecule has 2 heterocycles. The zero-order valence-corrected chi connectivity index (χ0v) is 14.8. The normalized spacial score (nSPS) is 47.9. The maximum atomic E-state index is 11.1. The fourth-order valence-corrected chi connectivity index (χ4v) is 5.22. The Morgan fingerprint density at radius 2 is 1.91 bits per heavy atom. The highest BCUT2D eigenvalue weighted by Gasteiger charge is 2.56. The lowest BCUT2D eigenvalue weighted by Gasteiger charge is -2.44. The van der Waals surface area contributed by atoms with E-state index < -0.39 is 11.7 Å². The number of rotatable bonds is 1. The number of aliphatic hydroxyl groups excluding tert-OH is 1. The molecule has 0 aromatic rings. The Labute approximate surface area is 140 Å². The van der Waals surface area contributed by atoms with E-state index in [-0.39, 0.29) is 18.1 Å². The van der Waals surface area contributed by atoms with E-state index in [2.05, 4.69) is 27.0 Å². The number of hydrogen-bond donors (Lipinski definition) is 2. The van der Waals surface area contributed by atoms with Gasteiger partial charge in [-0.2, -0.15) is 0 Å². The zero-order chi connectivity index (χ0) is 16.9. The molecular formula is C20H32O3. The van der Waals surface area contributed by atoms with Crippen molar-refractivity contribution in [2.24, 2.45) is 23.7 Å². The third kappa shape index (κ3) is 2.92. The predicted octanol–water partition coefficient (Wildman–Crippen LogP) is 3.46. The molecule has 7 atom stereocenters. The van der Waals surface area contributed by atoms with Crippen molar-refractivity contribution in [3.63, 3.8) is 0 Å². The summed E-state index contributed by atoms with van der Waals surface area (Å²) in [7, 11) is 0. The lowest BCUT2D eigenvalue weighted by molar-refractivity contribution is -0.117. The van der Waals surface area contributed by atoms with Crippen LogP contribution in [0.3, 0.4) is 0 Å². The molecule has 2 aliphatic heterocycles. The van der Waals surface area contributed by atoms with E-state index in [0.29, 0.717) is 37.0 Å². The summed E-state index contributed by atoms with van der Waals surface area (Å²) in [6.07, 6.45) is 3.27. The van der Waals surface area contributed by atoms with Gasteiger partial charge in [0, 0.05) is 5.92 Å². The smallest absolute Gasteiger partial charge is 0.0900 e. The Bertz CT molecular complexity index is 493.